The maximum atomic E-state index is 5.85. The standard InChI is InChI=1S/C13H14ClN3O/c14-11-3-1-10(2-4-11)13-16-12(18-17-13)7-9-5-6-15-8-9/h1-4,9,15H,5-8H2. The molecule has 0 bridgehead atoms. The van der Waals surface area contributed by atoms with E-state index in [1.165, 1.54) is 6.42 Å². The fourth-order valence-corrected chi connectivity index (χ4v) is 2.32. The Morgan fingerprint density at radius 1 is 1.33 bits per heavy atom. The molecular weight excluding hydrogens is 250 g/mol. The van der Waals surface area contributed by atoms with E-state index >= 15 is 0 Å². The zero-order chi connectivity index (χ0) is 12.4. The van der Waals surface area contributed by atoms with Gasteiger partial charge in [0.25, 0.3) is 0 Å². The molecule has 0 amide bonds. The third kappa shape index (κ3) is 2.54. The van der Waals surface area contributed by atoms with Gasteiger partial charge >= 0.3 is 0 Å². The van der Waals surface area contributed by atoms with Crippen molar-refractivity contribution in [2.75, 3.05) is 13.1 Å². The van der Waals surface area contributed by atoms with E-state index in [4.69, 9.17) is 16.1 Å². The summed E-state index contributed by atoms with van der Waals surface area (Å²) in [5.41, 5.74) is 0.930. The van der Waals surface area contributed by atoms with E-state index in [1.54, 1.807) is 0 Å². The number of aromatic nitrogens is 2. The van der Waals surface area contributed by atoms with Crippen LogP contribution in [0, 0.1) is 5.92 Å². The van der Waals surface area contributed by atoms with Crippen LogP contribution in [0.4, 0.5) is 0 Å². The van der Waals surface area contributed by atoms with Crippen molar-refractivity contribution in [1.29, 1.82) is 0 Å². The monoisotopic (exact) mass is 263 g/mol. The predicted octanol–water partition coefficient (Wildman–Crippen LogP) is 2.54. The highest BCUT2D eigenvalue weighted by atomic mass is 35.5. The van der Waals surface area contributed by atoms with Crippen LogP contribution in [0.1, 0.15) is 12.3 Å². The largest absolute Gasteiger partial charge is 0.339 e. The first kappa shape index (κ1) is 11.7. The summed E-state index contributed by atoms with van der Waals surface area (Å²) in [7, 11) is 0. The number of hydrogen-bond acceptors (Lipinski definition) is 4. The summed E-state index contributed by atoms with van der Waals surface area (Å²) in [6.07, 6.45) is 2.03. The lowest BCUT2D eigenvalue weighted by molar-refractivity contribution is 0.358. The molecule has 1 N–H and O–H groups in total. The Morgan fingerprint density at radius 3 is 2.89 bits per heavy atom. The van der Waals surface area contributed by atoms with Gasteiger partial charge in [0.15, 0.2) is 0 Å². The molecule has 2 aromatic rings. The number of rotatable bonds is 3. The summed E-state index contributed by atoms with van der Waals surface area (Å²) < 4.78 is 5.29. The summed E-state index contributed by atoms with van der Waals surface area (Å²) in [6.45, 7) is 2.13. The highest BCUT2D eigenvalue weighted by Gasteiger charge is 2.18. The van der Waals surface area contributed by atoms with Gasteiger partial charge in [0.05, 0.1) is 0 Å². The minimum absolute atomic E-state index is 0.614. The molecule has 1 aromatic carbocycles. The van der Waals surface area contributed by atoms with Crippen LogP contribution in [0.5, 0.6) is 0 Å². The summed E-state index contributed by atoms with van der Waals surface area (Å²) in [4.78, 5) is 4.43. The molecule has 0 saturated carbocycles. The van der Waals surface area contributed by atoms with Gasteiger partial charge in [0.2, 0.25) is 11.7 Å². The Hall–Kier alpha value is -1.39. The van der Waals surface area contributed by atoms with Gasteiger partial charge in [0, 0.05) is 17.0 Å². The lowest BCUT2D eigenvalue weighted by Crippen LogP contribution is -2.10. The summed E-state index contributed by atoms with van der Waals surface area (Å²) >= 11 is 5.85. The van der Waals surface area contributed by atoms with Gasteiger partial charge in [-0.1, -0.05) is 16.8 Å². The Morgan fingerprint density at radius 2 is 2.17 bits per heavy atom. The van der Waals surface area contributed by atoms with Gasteiger partial charge in [-0.25, -0.2) is 0 Å². The van der Waals surface area contributed by atoms with Crippen LogP contribution < -0.4 is 5.32 Å². The zero-order valence-electron chi connectivity index (χ0n) is 9.90. The van der Waals surface area contributed by atoms with Gasteiger partial charge in [0.1, 0.15) is 0 Å². The van der Waals surface area contributed by atoms with Crippen LogP contribution in [0.3, 0.4) is 0 Å². The molecular formula is C13H14ClN3O. The first-order valence-electron chi connectivity index (χ1n) is 6.10. The molecule has 0 spiro atoms. The van der Waals surface area contributed by atoms with E-state index < -0.39 is 0 Å². The topological polar surface area (TPSA) is 51.0 Å². The summed E-state index contributed by atoms with van der Waals surface area (Å²) in [5.74, 6) is 1.96. The molecule has 1 aliphatic heterocycles. The van der Waals surface area contributed by atoms with Crippen molar-refractivity contribution >= 4 is 11.6 Å². The number of nitrogens with zero attached hydrogens (tertiary/aromatic N) is 2. The van der Waals surface area contributed by atoms with Crippen molar-refractivity contribution < 1.29 is 4.52 Å². The second kappa shape index (κ2) is 5.08. The van der Waals surface area contributed by atoms with Crippen LogP contribution in [0.15, 0.2) is 28.8 Å². The van der Waals surface area contributed by atoms with E-state index in [0.29, 0.717) is 22.7 Å². The quantitative estimate of drug-likeness (QED) is 0.925. The van der Waals surface area contributed by atoms with Crippen molar-refractivity contribution in [2.45, 2.75) is 12.8 Å². The molecule has 94 valence electrons. The van der Waals surface area contributed by atoms with Crippen LogP contribution in [-0.2, 0) is 6.42 Å². The first-order valence-corrected chi connectivity index (χ1v) is 6.48. The van der Waals surface area contributed by atoms with Gasteiger partial charge < -0.3 is 9.84 Å². The van der Waals surface area contributed by atoms with E-state index in [2.05, 4.69) is 15.5 Å². The van der Waals surface area contributed by atoms with Gasteiger partial charge in [-0.05, 0) is 49.7 Å². The number of hydrogen-bond donors (Lipinski definition) is 1. The number of benzene rings is 1. The molecule has 18 heavy (non-hydrogen) atoms. The fourth-order valence-electron chi connectivity index (χ4n) is 2.19. The van der Waals surface area contributed by atoms with Crippen LogP contribution in [0.25, 0.3) is 11.4 Å². The molecule has 2 heterocycles. The van der Waals surface area contributed by atoms with E-state index in [1.807, 2.05) is 24.3 Å². The lowest BCUT2D eigenvalue weighted by Gasteiger charge is -2.01. The van der Waals surface area contributed by atoms with Crippen LogP contribution in [-0.4, -0.2) is 23.2 Å². The SMILES string of the molecule is Clc1ccc(-c2noc(CC3CCNC3)n2)cc1. The molecule has 1 aromatic heterocycles. The molecule has 3 rings (SSSR count). The number of halogens is 1. The molecule has 1 saturated heterocycles. The Bertz CT molecular complexity index is 517. The van der Waals surface area contributed by atoms with Crippen molar-refractivity contribution in [1.82, 2.24) is 15.5 Å². The van der Waals surface area contributed by atoms with E-state index in [0.717, 1.165) is 25.1 Å². The zero-order valence-corrected chi connectivity index (χ0v) is 10.7. The smallest absolute Gasteiger partial charge is 0.227 e. The van der Waals surface area contributed by atoms with Gasteiger partial charge in [-0.15, -0.1) is 0 Å². The highest BCUT2D eigenvalue weighted by molar-refractivity contribution is 6.30. The van der Waals surface area contributed by atoms with Crippen molar-refractivity contribution in [3.63, 3.8) is 0 Å². The molecule has 1 fully saturated rings. The normalized spacial score (nSPS) is 19.3. The average molecular weight is 264 g/mol. The number of nitrogens with one attached hydrogen (secondary N) is 1. The first-order chi connectivity index (χ1) is 8.81. The second-order valence-electron chi connectivity index (χ2n) is 4.58. The van der Waals surface area contributed by atoms with Crippen molar-refractivity contribution in [2.24, 2.45) is 5.92 Å². The average Bonchev–Trinajstić information content (AvgIpc) is 3.02. The third-order valence-electron chi connectivity index (χ3n) is 3.20. The molecule has 5 heteroatoms. The minimum Gasteiger partial charge on any atom is -0.339 e. The molecule has 0 aliphatic carbocycles. The Balaban J connectivity index is 1.74. The predicted molar refractivity (Wildman–Crippen MR) is 69.4 cm³/mol. The summed E-state index contributed by atoms with van der Waals surface area (Å²) in [5, 5.41) is 8.05. The third-order valence-corrected chi connectivity index (χ3v) is 3.45. The maximum Gasteiger partial charge on any atom is 0.227 e. The minimum atomic E-state index is 0.614. The van der Waals surface area contributed by atoms with Crippen LogP contribution >= 0.6 is 11.6 Å². The molecule has 0 radical (unpaired) electrons. The van der Waals surface area contributed by atoms with E-state index in [-0.39, 0.29) is 0 Å². The van der Waals surface area contributed by atoms with Gasteiger partial charge in [-0.2, -0.15) is 4.98 Å². The Kier molecular flexibility index (Phi) is 3.30. The molecule has 1 atom stereocenters. The van der Waals surface area contributed by atoms with Crippen LogP contribution in [0.2, 0.25) is 5.02 Å². The second-order valence-corrected chi connectivity index (χ2v) is 5.02. The van der Waals surface area contributed by atoms with Gasteiger partial charge in [-0.3, -0.25) is 0 Å². The molecule has 1 aliphatic rings. The highest BCUT2D eigenvalue weighted by Crippen LogP contribution is 2.20. The maximum absolute atomic E-state index is 5.85. The molecule has 1 unspecified atom stereocenters. The lowest BCUT2D eigenvalue weighted by atomic mass is 10.1. The Labute approximate surface area is 110 Å². The fraction of sp³-hybridized carbons (Fsp3) is 0.385. The van der Waals surface area contributed by atoms with E-state index in [9.17, 15) is 0 Å². The van der Waals surface area contributed by atoms with Crippen molar-refractivity contribution in [3.8, 4) is 11.4 Å². The summed E-state index contributed by atoms with van der Waals surface area (Å²) in [6, 6.07) is 7.45. The van der Waals surface area contributed by atoms with Crippen molar-refractivity contribution in [3.05, 3.63) is 35.2 Å². The molecule has 4 nitrogen and oxygen atoms in total.